The third-order valence-corrected chi connectivity index (χ3v) is 19.1. The molecule has 360 valence electrons. The van der Waals surface area contributed by atoms with Gasteiger partial charge in [-0.3, -0.25) is 0 Å². The minimum atomic E-state index is 0.667. The molecule has 0 nitrogen and oxygen atoms in total. The summed E-state index contributed by atoms with van der Waals surface area (Å²) < 4.78 is 0. The highest BCUT2D eigenvalue weighted by Crippen LogP contribution is 2.60. The fourth-order valence-corrected chi connectivity index (χ4v) is 15.6. The van der Waals surface area contributed by atoms with Crippen molar-refractivity contribution in [2.45, 2.75) is 76.0 Å². The molecule has 2 fully saturated rings. The van der Waals surface area contributed by atoms with Gasteiger partial charge in [-0.15, -0.1) is 0 Å². The zero-order valence-corrected chi connectivity index (χ0v) is 42.9. The first-order chi connectivity index (χ1) is 37.7. The number of fused-ring (bicyclic) bond motifs is 8. The van der Waals surface area contributed by atoms with E-state index in [2.05, 4.69) is 206 Å². The Hall–Kier alpha value is -8.32. The standard InChI is InChI=1S/C76H56/c1-5-15-45(16-6-1)49-25-29-51(30-26-49)69-56-23-13-14-24-57(56)70(52-31-27-50(28-32-52)46-17-7-2-8-18-46)76-65-40-38-61-59-34-36-63-67-44-54(48-21-11-4-12-22-48)42-55-41-53(47-19-9-3-10-20-47)43-66(68(55)67)62-35-33-58(71(59)73(62)63)60-37-39-64(75(69)76)74(65)72(60)61/h3-4,9-14,19-46H,1-2,5-8,15-18H2. The molecule has 3 aliphatic rings. The second-order valence-electron chi connectivity index (χ2n) is 23.0. The highest BCUT2D eigenvalue weighted by Gasteiger charge is 2.33. The molecule has 0 amide bonds. The van der Waals surface area contributed by atoms with E-state index in [0.717, 1.165) is 0 Å². The fraction of sp³-hybridized carbons (Fsp3) is 0.158. The van der Waals surface area contributed by atoms with E-state index in [1.807, 2.05) is 0 Å². The molecule has 0 aromatic heterocycles. The Labute approximate surface area is 443 Å². The van der Waals surface area contributed by atoms with Crippen LogP contribution in [0.1, 0.15) is 87.2 Å². The summed E-state index contributed by atoms with van der Waals surface area (Å²) in [6.45, 7) is 0. The average Bonchev–Trinajstić information content (AvgIpc) is 3.96. The molecule has 14 aromatic rings. The fourth-order valence-electron chi connectivity index (χ4n) is 15.6. The molecule has 3 aliphatic carbocycles. The maximum absolute atomic E-state index is 2.51. The smallest absolute Gasteiger partial charge is 0.000740 e. The Kier molecular flexibility index (Phi) is 9.38. The number of rotatable bonds is 6. The van der Waals surface area contributed by atoms with Crippen molar-refractivity contribution >= 4 is 86.2 Å². The van der Waals surface area contributed by atoms with Crippen LogP contribution in [0.25, 0.3) is 153 Å². The van der Waals surface area contributed by atoms with E-state index >= 15 is 0 Å². The van der Waals surface area contributed by atoms with Crippen LogP contribution in [0.2, 0.25) is 0 Å². The summed E-state index contributed by atoms with van der Waals surface area (Å²) in [4.78, 5) is 0. The van der Waals surface area contributed by atoms with E-state index in [-0.39, 0.29) is 0 Å². The zero-order chi connectivity index (χ0) is 49.6. The molecule has 2 saturated carbocycles. The van der Waals surface area contributed by atoms with Crippen LogP contribution in [0.15, 0.2) is 206 Å². The van der Waals surface area contributed by atoms with Crippen LogP contribution in [0, 0.1) is 0 Å². The lowest BCUT2D eigenvalue weighted by atomic mass is 9.80. The van der Waals surface area contributed by atoms with E-state index in [4.69, 9.17) is 0 Å². The molecule has 0 unspecified atom stereocenters. The van der Waals surface area contributed by atoms with Crippen LogP contribution >= 0.6 is 0 Å². The van der Waals surface area contributed by atoms with Gasteiger partial charge >= 0.3 is 0 Å². The van der Waals surface area contributed by atoms with Gasteiger partial charge in [0.25, 0.3) is 0 Å². The summed E-state index contributed by atoms with van der Waals surface area (Å²) in [5, 5.41) is 21.5. The summed E-state index contributed by atoms with van der Waals surface area (Å²) in [5.74, 6) is 1.33. The Balaban J connectivity index is 0.947. The van der Waals surface area contributed by atoms with Crippen LogP contribution in [-0.4, -0.2) is 0 Å². The van der Waals surface area contributed by atoms with Gasteiger partial charge in [0.05, 0.1) is 0 Å². The van der Waals surface area contributed by atoms with E-state index < -0.39 is 0 Å². The molecule has 0 spiro atoms. The lowest BCUT2D eigenvalue weighted by molar-refractivity contribution is 0.443. The van der Waals surface area contributed by atoms with E-state index in [1.165, 1.54) is 228 Å². The molecular weight excluding hydrogens is 913 g/mol. The maximum atomic E-state index is 2.51. The van der Waals surface area contributed by atoms with Crippen molar-refractivity contribution in [3.63, 3.8) is 0 Å². The van der Waals surface area contributed by atoms with Crippen LogP contribution in [0.4, 0.5) is 0 Å². The average molecular weight is 969 g/mol. The topological polar surface area (TPSA) is 0 Å². The van der Waals surface area contributed by atoms with Crippen molar-refractivity contribution in [2.24, 2.45) is 0 Å². The Bertz CT molecular complexity index is 4360. The van der Waals surface area contributed by atoms with Gasteiger partial charge in [-0.05, 0) is 226 Å². The SMILES string of the molecule is c1ccc(-c2cc3cc(-c4ccccc4)cc4c5ccc6c7ccc8c9c(ccc(c%10ccc(c(c2)c34)c5c%106)c97)-c2c-8c(-c3ccc(C4CCCCC4)cc3)c3ccccc3c2-c2ccc(C3CCCCC3)cc2)cc1. The maximum Gasteiger partial charge on any atom is -0.000740 e. The first-order valence-corrected chi connectivity index (χ1v) is 28.5. The first kappa shape index (κ1) is 43.0. The van der Waals surface area contributed by atoms with E-state index in [0.29, 0.717) is 11.8 Å². The van der Waals surface area contributed by atoms with Gasteiger partial charge in [0.15, 0.2) is 0 Å². The molecule has 76 heavy (non-hydrogen) atoms. The van der Waals surface area contributed by atoms with Crippen molar-refractivity contribution in [1.29, 1.82) is 0 Å². The Morgan fingerprint density at radius 3 is 1.01 bits per heavy atom. The lowest BCUT2D eigenvalue weighted by Gasteiger charge is -2.24. The van der Waals surface area contributed by atoms with Gasteiger partial charge in [0.1, 0.15) is 0 Å². The van der Waals surface area contributed by atoms with E-state index in [9.17, 15) is 0 Å². The Morgan fingerprint density at radius 1 is 0.224 bits per heavy atom. The predicted molar refractivity (Wildman–Crippen MR) is 327 cm³/mol. The molecular formula is C76H56. The van der Waals surface area contributed by atoms with Gasteiger partial charge in [-0.2, -0.15) is 0 Å². The molecule has 0 radical (unpaired) electrons. The molecule has 0 heteroatoms. The Morgan fingerprint density at radius 2 is 0.592 bits per heavy atom. The van der Waals surface area contributed by atoms with Crippen molar-refractivity contribution in [1.82, 2.24) is 0 Å². The van der Waals surface area contributed by atoms with Gasteiger partial charge < -0.3 is 0 Å². The number of hydrogen-bond donors (Lipinski definition) is 0. The van der Waals surface area contributed by atoms with Gasteiger partial charge in [0, 0.05) is 0 Å². The number of benzene rings is 14. The third kappa shape index (κ3) is 6.19. The highest BCUT2D eigenvalue weighted by atomic mass is 14.4. The van der Waals surface area contributed by atoms with Crippen molar-refractivity contribution in [2.75, 3.05) is 0 Å². The van der Waals surface area contributed by atoms with Crippen LogP contribution < -0.4 is 0 Å². The normalized spacial score (nSPS) is 15.3. The number of hydrogen-bond acceptors (Lipinski definition) is 0. The van der Waals surface area contributed by atoms with E-state index in [1.54, 1.807) is 0 Å². The molecule has 0 aliphatic heterocycles. The molecule has 0 heterocycles. The second-order valence-corrected chi connectivity index (χ2v) is 23.0. The quantitative estimate of drug-likeness (QED) is 0.115. The summed E-state index contributed by atoms with van der Waals surface area (Å²) in [6.07, 6.45) is 13.3. The molecule has 0 saturated heterocycles. The second kappa shape index (κ2) is 16.6. The minimum absolute atomic E-state index is 0.667. The first-order valence-electron chi connectivity index (χ1n) is 28.5. The molecule has 17 rings (SSSR count). The van der Waals surface area contributed by atoms with Gasteiger partial charge in [-0.1, -0.05) is 221 Å². The van der Waals surface area contributed by atoms with Crippen LogP contribution in [-0.2, 0) is 0 Å². The summed E-state index contributed by atoms with van der Waals surface area (Å²) >= 11 is 0. The highest BCUT2D eigenvalue weighted by molar-refractivity contribution is 6.44. The molecule has 0 bridgehead atoms. The molecule has 0 N–H and O–H groups in total. The van der Waals surface area contributed by atoms with Crippen LogP contribution in [0.5, 0.6) is 0 Å². The summed E-state index contributed by atoms with van der Waals surface area (Å²) in [5.41, 5.74) is 18.9. The lowest BCUT2D eigenvalue weighted by Crippen LogP contribution is -2.04. The summed E-state index contributed by atoms with van der Waals surface area (Å²) in [6, 6.07) is 80.6. The molecule has 14 aromatic carbocycles. The van der Waals surface area contributed by atoms with Gasteiger partial charge in [0.2, 0.25) is 0 Å². The third-order valence-electron chi connectivity index (χ3n) is 19.1. The molecule has 0 atom stereocenters. The predicted octanol–water partition coefficient (Wildman–Crippen LogP) is 22.2. The van der Waals surface area contributed by atoms with Crippen molar-refractivity contribution in [3.05, 3.63) is 217 Å². The zero-order valence-electron chi connectivity index (χ0n) is 42.9. The summed E-state index contributed by atoms with van der Waals surface area (Å²) in [7, 11) is 0. The monoisotopic (exact) mass is 968 g/mol. The van der Waals surface area contributed by atoms with Gasteiger partial charge in [-0.25, -0.2) is 0 Å². The largest absolute Gasteiger partial charge is 0.0622 e. The van der Waals surface area contributed by atoms with Crippen LogP contribution in [0.3, 0.4) is 0 Å². The van der Waals surface area contributed by atoms with Crippen molar-refractivity contribution in [3.8, 4) is 66.8 Å². The minimum Gasteiger partial charge on any atom is -0.0622 e. The van der Waals surface area contributed by atoms with Crippen molar-refractivity contribution < 1.29 is 0 Å².